The molecule has 1 aliphatic rings. The highest BCUT2D eigenvalue weighted by atomic mass is 16.2. The van der Waals surface area contributed by atoms with Crippen LogP contribution in [-0.4, -0.2) is 47.8 Å². The highest BCUT2D eigenvalue weighted by Gasteiger charge is 2.26. The zero-order chi connectivity index (χ0) is 20.5. The average Bonchev–Trinajstić information content (AvgIpc) is 2.77. The lowest BCUT2D eigenvalue weighted by Crippen LogP contribution is -2.45. The fourth-order valence-corrected chi connectivity index (χ4v) is 3.75. The number of likely N-dealkylation sites (tertiary alicyclic amines) is 1. The van der Waals surface area contributed by atoms with Crippen LogP contribution < -0.4 is 5.32 Å². The van der Waals surface area contributed by atoms with E-state index in [4.69, 9.17) is 0 Å². The molecule has 1 heterocycles. The number of nitrogens with one attached hydrogen (secondary N) is 1. The molecule has 2 amide bonds. The van der Waals surface area contributed by atoms with E-state index in [1.54, 1.807) is 0 Å². The molecule has 5 heteroatoms. The lowest BCUT2D eigenvalue weighted by molar-refractivity contribution is -0.133. The number of hydrogen-bond acceptors (Lipinski definition) is 3. The van der Waals surface area contributed by atoms with Crippen LogP contribution in [-0.2, 0) is 22.7 Å². The van der Waals surface area contributed by atoms with Gasteiger partial charge in [-0.1, -0.05) is 60.7 Å². The molecule has 29 heavy (non-hydrogen) atoms. The lowest BCUT2D eigenvalue weighted by Gasteiger charge is -2.32. The second-order valence-electron chi connectivity index (χ2n) is 7.65. The number of piperidine rings is 1. The monoisotopic (exact) mass is 393 g/mol. The van der Waals surface area contributed by atoms with Crippen molar-refractivity contribution in [3.8, 4) is 0 Å². The first-order valence-electron chi connectivity index (χ1n) is 10.5. The first kappa shape index (κ1) is 21.1. The topological polar surface area (TPSA) is 52.7 Å². The second kappa shape index (κ2) is 10.8. The Morgan fingerprint density at radius 3 is 2.14 bits per heavy atom. The van der Waals surface area contributed by atoms with E-state index in [9.17, 15) is 9.59 Å². The van der Waals surface area contributed by atoms with Crippen molar-refractivity contribution in [1.29, 1.82) is 0 Å². The number of amides is 2. The smallest absolute Gasteiger partial charge is 0.237 e. The summed E-state index contributed by atoms with van der Waals surface area (Å²) < 4.78 is 0. The van der Waals surface area contributed by atoms with Crippen LogP contribution in [0.5, 0.6) is 0 Å². The molecule has 5 nitrogen and oxygen atoms in total. The van der Waals surface area contributed by atoms with Crippen LogP contribution in [0, 0.1) is 5.92 Å². The van der Waals surface area contributed by atoms with Gasteiger partial charge in [0.15, 0.2) is 0 Å². The van der Waals surface area contributed by atoms with Crippen molar-refractivity contribution >= 4 is 11.8 Å². The first-order chi connectivity index (χ1) is 14.2. The molecule has 0 spiro atoms. The molecule has 0 saturated carbocycles. The maximum Gasteiger partial charge on any atom is 0.237 e. The Morgan fingerprint density at radius 2 is 1.55 bits per heavy atom. The fraction of sp³-hybridized carbons (Fsp3) is 0.417. The Bertz CT molecular complexity index is 771. The minimum atomic E-state index is 0.0386. The van der Waals surface area contributed by atoms with Crippen molar-refractivity contribution in [3.63, 3.8) is 0 Å². The number of carbonyl (C=O) groups is 2. The molecule has 2 aromatic rings. The molecule has 1 fully saturated rings. The summed E-state index contributed by atoms with van der Waals surface area (Å²) in [5, 5.41) is 3.05. The highest BCUT2D eigenvalue weighted by Crippen LogP contribution is 2.18. The van der Waals surface area contributed by atoms with E-state index in [2.05, 4.69) is 22.3 Å². The Labute approximate surface area is 173 Å². The molecule has 0 aliphatic carbocycles. The van der Waals surface area contributed by atoms with Crippen molar-refractivity contribution in [2.24, 2.45) is 5.92 Å². The molecule has 0 aromatic heterocycles. The minimum absolute atomic E-state index is 0.0386. The fourth-order valence-electron chi connectivity index (χ4n) is 3.75. The summed E-state index contributed by atoms with van der Waals surface area (Å²) in [6, 6.07) is 20.1. The highest BCUT2D eigenvalue weighted by molar-refractivity contribution is 5.79. The van der Waals surface area contributed by atoms with Crippen molar-refractivity contribution < 1.29 is 9.59 Å². The molecular formula is C24H31N3O2. The van der Waals surface area contributed by atoms with E-state index in [1.807, 2.05) is 60.4 Å². The predicted molar refractivity (Wildman–Crippen MR) is 115 cm³/mol. The van der Waals surface area contributed by atoms with Gasteiger partial charge in [-0.15, -0.1) is 0 Å². The maximum atomic E-state index is 12.7. The van der Waals surface area contributed by atoms with Gasteiger partial charge < -0.3 is 10.2 Å². The van der Waals surface area contributed by atoms with Crippen LogP contribution >= 0.6 is 0 Å². The molecule has 1 aliphatic heterocycles. The molecule has 154 valence electrons. The van der Waals surface area contributed by atoms with E-state index in [1.165, 1.54) is 0 Å². The number of hydrogen-bond donors (Lipinski definition) is 1. The van der Waals surface area contributed by atoms with Gasteiger partial charge in [0.25, 0.3) is 0 Å². The van der Waals surface area contributed by atoms with E-state index in [-0.39, 0.29) is 17.7 Å². The summed E-state index contributed by atoms with van der Waals surface area (Å²) in [5.41, 5.74) is 2.26. The molecule has 2 aromatic carbocycles. The van der Waals surface area contributed by atoms with Crippen LogP contribution in [0.2, 0.25) is 0 Å². The molecule has 0 bridgehead atoms. The van der Waals surface area contributed by atoms with Gasteiger partial charge in [-0.25, -0.2) is 0 Å². The van der Waals surface area contributed by atoms with Crippen LogP contribution in [0.4, 0.5) is 0 Å². The van der Waals surface area contributed by atoms with Gasteiger partial charge >= 0.3 is 0 Å². The lowest BCUT2D eigenvalue weighted by atomic mass is 9.95. The SMILES string of the molecule is CCN(Cc1ccccc1)C(=O)CN1CCC(C(=O)NCc2ccccc2)CC1. The van der Waals surface area contributed by atoms with Crippen molar-refractivity contribution in [2.45, 2.75) is 32.9 Å². The van der Waals surface area contributed by atoms with Gasteiger partial charge in [-0.3, -0.25) is 14.5 Å². The summed E-state index contributed by atoms with van der Waals surface area (Å²) in [6.45, 7) is 5.95. The number of likely N-dealkylation sites (N-methyl/N-ethyl adjacent to an activating group) is 1. The quantitative estimate of drug-likeness (QED) is 0.750. The zero-order valence-electron chi connectivity index (χ0n) is 17.2. The van der Waals surface area contributed by atoms with Crippen molar-refractivity contribution in [3.05, 3.63) is 71.8 Å². The number of carbonyl (C=O) groups excluding carboxylic acids is 2. The van der Waals surface area contributed by atoms with E-state index < -0.39 is 0 Å². The third-order valence-electron chi connectivity index (χ3n) is 5.58. The first-order valence-corrected chi connectivity index (χ1v) is 10.5. The molecule has 1 saturated heterocycles. The van der Waals surface area contributed by atoms with Crippen molar-refractivity contribution in [1.82, 2.24) is 15.1 Å². The summed E-state index contributed by atoms with van der Waals surface area (Å²) in [4.78, 5) is 29.3. The van der Waals surface area contributed by atoms with Gasteiger partial charge in [-0.2, -0.15) is 0 Å². The Morgan fingerprint density at radius 1 is 0.966 bits per heavy atom. The molecule has 0 radical (unpaired) electrons. The van der Waals surface area contributed by atoms with E-state index in [0.717, 1.165) is 37.1 Å². The summed E-state index contributed by atoms with van der Waals surface area (Å²) in [6.07, 6.45) is 1.61. The third kappa shape index (κ3) is 6.43. The average molecular weight is 394 g/mol. The number of rotatable bonds is 8. The third-order valence-corrected chi connectivity index (χ3v) is 5.58. The van der Waals surface area contributed by atoms with Crippen LogP contribution in [0.25, 0.3) is 0 Å². The molecule has 3 rings (SSSR count). The summed E-state index contributed by atoms with van der Waals surface area (Å²) >= 11 is 0. The maximum absolute atomic E-state index is 12.7. The zero-order valence-corrected chi connectivity index (χ0v) is 17.2. The van der Waals surface area contributed by atoms with Crippen LogP contribution in [0.15, 0.2) is 60.7 Å². The van der Waals surface area contributed by atoms with Crippen LogP contribution in [0.1, 0.15) is 30.9 Å². The number of nitrogens with zero attached hydrogens (tertiary/aromatic N) is 2. The number of benzene rings is 2. The van der Waals surface area contributed by atoms with Gasteiger partial charge in [0.05, 0.1) is 6.54 Å². The van der Waals surface area contributed by atoms with Gasteiger partial charge in [0, 0.05) is 25.6 Å². The second-order valence-corrected chi connectivity index (χ2v) is 7.65. The van der Waals surface area contributed by atoms with E-state index in [0.29, 0.717) is 26.2 Å². The molecule has 0 unspecified atom stereocenters. The molecular weight excluding hydrogens is 362 g/mol. The largest absolute Gasteiger partial charge is 0.352 e. The minimum Gasteiger partial charge on any atom is -0.352 e. The predicted octanol–water partition coefficient (Wildman–Crippen LogP) is 3.06. The van der Waals surface area contributed by atoms with Gasteiger partial charge in [0.2, 0.25) is 11.8 Å². The van der Waals surface area contributed by atoms with Crippen LogP contribution in [0.3, 0.4) is 0 Å². The standard InChI is InChI=1S/C24H31N3O2/c1-2-27(18-21-11-7-4-8-12-21)23(28)19-26-15-13-22(14-16-26)24(29)25-17-20-9-5-3-6-10-20/h3-12,22H,2,13-19H2,1H3,(H,25,29). The van der Waals surface area contributed by atoms with Crippen molar-refractivity contribution in [2.75, 3.05) is 26.2 Å². The summed E-state index contributed by atoms with van der Waals surface area (Å²) in [7, 11) is 0. The normalized spacial score (nSPS) is 15.1. The van der Waals surface area contributed by atoms with Gasteiger partial charge in [-0.05, 0) is 44.0 Å². The molecule has 1 N–H and O–H groups in total. The summed E-state index contributed by atoms with van der Waals surface area (Å²) in [5.74, 6) is 0.319. The van der Waals surface area contributed by atoms with E-state index >= 15 is 0 Å². The Kier molecular flexibility index (Phi) is 7.82. The molecule has 0 atom stereocenters. The Balaban J connectivity index is 1.41. The van der Waals surface area contributed by atoms with Gasteiger partial charge in [0.1, 0.15) is 0 Å². The Hall–Kier alpha value is -2.66.